The van der Waals surface area contributed by atoms with Crippen LogP contribution in [0.2, 0.25) is 0 Å². The van der Waals surface area contributed by atoms with Gasteiger partial charge in [-0.3, -0.25) is 0 Å². The van der Waals surface area contributed by atoms with Crippen LogP contribution in [-0.2, 0) is 4.79 Å². The van der Waals surface area contributed by atoms with Gasteiger partial charge in [-0.1, -0.05) is 20.8 Å². The molecule has 1 saturated carbocycles. The van der Waals surface area contributed by atoms with E-state index in [-0.39, 0.29) is 4.75 Å². The van der Waals surface area contributed by atoms with Gasteiger partial charge in [0.15, 0.2) is 0 Å². The van der Waals surface area contributed by atoms with Crippen molar-refractivity contribution in [1.29, 1.82) is 0 Å². The number of carbonyl (C=O) groups excluding carboxylic acids is 1. The van der Waals surface area contributed by atoms with Crippen molar-refractivity contribution in [2.75, 3.05) is 12.8 Å². The Kier molecular flexibility index (Phi) is 4.53. The van der Waals surface area contributed by atoms with Gasteiger partial charge < -0.3 is 15.7 Å². The number of hydrogen-bond acceptors (Lipinski definition) is 3. The van der Waals surface area contributed by atoms with Crippen LogP contribution in [0, 0.1) is 5.41 Å². The third-order valence-corrected chi connectivity index (χ3v) is 4.62. The first kappa shape index (κ1) is 15.1. The minimum atomic E-state index is -1.01. The zero-order valence-electron chi connectivity index (χ0n) is 11.4. The van der Waals surface area contributed by atoms with E-state index >= 15 is 0 Å². The summed E-state index contributed by atoms with van der Waals surface area (Å²) in [7, 11) is 0. The second-order valence-corrected chi connectivity index (χ2v) is 7.13. The fourth-order valence-electron chi connectivity index (χ4n) is 1.66. The zero-order chi connectivity index (χ0) is 14.0. The molecule has 0 radical (unpaired) electrons. The van der Waals surface area contributed by atoms with Crippen LogP contribution in [0.3, 0.4) is 0 Å². The van der Waals surface area contributed by atoms with Crippen LogP contribution in [-0.4, -0.2) is 40.7 Å². The second kappa shape index (κ2) is 5.38. The van der Waals surface area contributed by atoms with Gasteiger partial charge >= 0.3 is 12.0 Å². The predicted molar refractivity (Wildman–Crippen MR) is 72.9 cm³/mol. The van der Waals surface area contributed by atoms with Crippen LogP contribution in [0.25, 0.3) is 0 Å². The quantitative estimate of drug-likeness (QED) is 0.713. The predicted octanol–water partition coefficient (Wildman–Crippen LogP) is 1.68. The number of aliphatic carboxylic acids is 1. The Hall–Kier alpha value is -0.910. The zero-order valence-corrected chi connectivity index (χ0v) is 12.2. The van der Waals surface area contributed by atoms with Crippen molar-refractivity contribution < 1.29 is 14.7 Å². The summed E-state index contributed by atoms with van der Waals surface area (Å²) in [4.78, 5) is 22.8. The summed E-state index contributed by atoms with van der Waals surface area (Å²) >= 11 is 1.75. The third kappa shape index (κ3) is 4.08. The normalized spacial score (nSPS) is 18.9. The minimum absolute atomic E-state index is 0.178. The minimum Gasteiger partial charge on any atom is -0.480 e. The average molecular weight is 274 g/mol. The van der Waals surface area contributed by atoms with Gasteiger partial charge in [0.25, 0.3) is 0 Å². The second-order valence-electron chi connectivity index (χ2n) is 5.85. The molecular formula is C12H22N2O3S. The van der Waals surface area contributed by atoms with Crippen LogP contribution in [0.15, 0.2) is 0 Å². The molecule has 0 bridgehead atoms. The van der Waals surface area contributed by atoms with Crippen molar-refractivity contribution in [2.24, 2.45) is 5.41 Å². The first-order valence-corrected chi connectivity index (χ1v) is 7.25. The Bertz CT molecular complexity index is 335. The maximum atomic E-state index is 11.7. The van der Waals surface area contributed by atoms with Crippen molar-refractivity contribution in [3.05, 3.63) is 0 Å². The van der Waals surface area contributed by atoms with E-state index in [0.29, 0.717) is 6.54 Å². The van der Waals surface area contributed by atoms with E-state index in [2.05, 4.69) is 10.6 Å². The van der Waals surface area contributed by atoms with Gasteiger partial charge in [-0.05, 0) is 24.5 Å². The maximum absolute atomic E-state index is 11.7. The third-order valence-electron chi connectivity index (χ3n) is 3.20. The van der Waals surface area contributed by atoms with Crippen LogP contribution >= 0.6 is 11.8 Å². The lowest BCUT2D eigenvalue weighted by molar-refractivity contribution is -0.141. The maximum Gasteiger partial charge on any atom is 0.326 e. The number of thioether (sulfide) groups is 1. The lowest BCUT2D eigenvalue weighted by Gasteiger charge is -2.28. The number of nitrogens with one attached hydrogen (secondary N) is 2. The highest BCUT2D eigenvalue weighted by molar-refractivity contribution is 8.00. The molecule has 1 aliphatic carbocycles. The number of rotatable bonds is 5. The average Bonchev–Trinajstić information content (AvgIpc) is 3.02. The van der Waals surface area contributed by atoms with E-state index in [1.807, 2.05) is 6.26 Å². The van der Waals surface area contributed by atoms with E-state index in [0.717, 1.165) is 12.8 Å². The number of amides is 2. The van der Waals surface area contributed by atoms with Gasteiger partial charge in [-0.15, -0.1) is 0 Å². The number of hydrogen-bond donors (Lipinski definition) is 3. The molecule has 0 spiro atoms. The van der Waals surface area contributed by atoms with Gasteiger partial charge in [0.05, 0.1) is 0 Å². The van der Waals surface area contributed by atoms with E-state index in [9.17, 15) is 9.59 Å². The highest BCUT2D eigenvalue weighted by Gasteiger charge is 2.42. The van der Waals surface area contributed by atoms with Crippen LogP contribution in [0.5, 0.6) is 0 Å². The Morgan fingerprint density at radius 3 is 2.28 bits per heavy atom. The van der Waals surface area contributed by atoms with Crippen LogP contribution in [0.1, 0.15) is 33.6 Å². The SMILES string of the molecule is CSC1(CNC(=O)NC(C(=O)O)C(C)(C)C)CC1. The highest BCUT2D eigenvalue weighted by Crippen LogP contribution is 2.46. The summed E-state index contributed by atoms with van der Waals surface area (Å²) in [6, 6.07) is -1.29. The fourth-order valence-corrected chi connectivity index (χ4v) is 2.39. The molecule has 2 amide bonds. The monoisotopic (exact) mass is 274 g/mol. The van der Waals surface area contributed by atoms with Crippen molar-refractivity contribution in [3.63, 3.8) is 0 Å². The molecule has 1 fully saturated rings. The van der Waals surface area contributed by atoms with Crippen molar-refractivity contribution in [3.8, 4) is 0 Å². The van der Waals surface area contributed by atoms with Crippen molar-refractivity contribution in [2.45, 2.75) is 44.4 Å². The Morgan fingerprint density at radius 1 is 1.39 bits per heavy atom. The fraction of sp³-hybridized carbons (Fsp3) is 0.833. The molecule has 104 valence electrons. The summed E-state index contributed by atoms with van der Waals surface area (Å²) in [5.74, 6) is -1.01. The molecule has 0 aromatic carbocycles. The molecule has 0 heterocycles. The lowest BCUT2D eigenvalue weighted by Crippen LogP contribution is -2.53. The van der Waals surface area contributed by atoms with Gasteiger partial charge in [-0.25, -0.2) is 9.59 Å². The van der Waals surface area contributed by atoms with Gasteiger partial charge in [0.2, 0.25) is 0 Å². The smallest absolute Gasteiger partial charge is 0.326 e. The Morgan fingerprint density at radius 2 is 1.94 bits per heavy atom. The standard InChI is InChI=1S/C12H22N2O3S/c1-11(2,3)8(9(15)16)14-10(17)13-7-12(18-4)5-6-12/h8H,5-7H2,1-4H3,(H,15,16)(H2,13,14,17). The molecule has 3 N–H and O–H groups in total. The molecule has 0 aliphatic heterocycles. The van der Waals surface area contributed by atoms with Crippen LogP contribution < -0.4 is 10.6 Å². The van der Waals surface area contributed by atoms with E-state index in [1.54, 1.807) is 32.5 Å². The van der Waals surface area contributed by atoms with E-state index in [4.69, 9.17) is 5.11 Å². The molecule has 1 aliphatic rings. The molecular weight excluding hydrogens is 252 g/mol. The first-order valence-electron chi connectivity index (χ1n) is 6.02. The summed E-state index contributed by atoms with van der Waals surface area (Å²) in [6.45, 7) is 5.96. The Balaban J connectivity index is 2.45. The first-order chi connectivity index (χ1) is 8.20. The molecule has 6 heteroatoms. The largest absolute Gasteiger partial charge is 0.480 e. The molecule has 1 atom stereocenters. The van der Waals surface area contributed by atoms with Crippen LogP contribution in [0.4, 0.5) is 4.79 Å². The number of carboxylic acid groups (broad SMARTS) is 1. The summed E-state index contributed by atoms with van der Waals surface area (Å²) < 4.78 is 0.178. The molecule has 18 heavy (non-hydrogen) atoms. The van der Waals surface area contributed by atoms with Crippen molar-refractivity contribution in [1.82, 2.24) is 10.6 Å². The number of urea groups is 1. The topological polar surface area (TPSA) is 78.4 Å². The number of carbonyl (C=O) groups is 2. The summed E-state index contributed by atoms with van der Waals surface area (Å²) in [5.41, 5.74) is -0.514. The molecule has 1 rings (SSSR count). The molecule has 0 aromatic heterocycles. The highest BCUT2D eigenvalue weighted by atomic mass is 32.2. The molecule has 5 nitrogen and oxygen atoms in total. The van der Waals surface area contributed by atoms with E-state index in [1.165, 1.54) is 0 Å². The Labute approximate surface area is 112 Å². The molecule has 0 saturated heterocycles. The molecule has 0 aromatic rings. The van der Waals surface area contributed by atoms with Gasteiger partial charge in [0.1, 0.15) is 6.04 Å². The summed E-state index contributed by atoms with van der Waals surface area (Å²) in [5, 5.41) is 14.4. The summed E-state index contributed by atoms with van der Waals surface area (Å²) in [6.07, 6.45) is 4.24. The van der Waals surface area contributed by atoms with Gasteiger partial charge in [0, 0.05) is 11.3 Å². The van der Waals surface area contributed by atoms with Gasteiger partial charge in [-0.2, -0.15) is 11.8 Å². The lowest BCUT2D eigenvalue weighted by atomic mass is 9.87. The number of carboxylic acids is 1. The molecule has 1 unspecified atom stereocenters. The van der Waals surface area contributed by atoms with Crippen molar-refractivity contribution >= 4 is 23.8 Å². The van der Waals surface area contributed by atoms with E-state index < -0.39 is 23.5 Å².